The SMILES string of the molecule is C=C1NC2(CC2)COc2ncc(F)cc2C2(CC2)Nc2ccn3ncc1c3n2.C=C1NCCOc2ncc(F)cc2C2(CC2)Nc2ccn3ncc1c3n2.C=C1NC[C@@H](C)Oc2ncc(F)cc2C2(CC2)Nc2ccn3ncc1c3n2.C=C1NC[C@H](C)Oc2ncc(F)cc2C2(CC2)N(C)c2ccn3ncc1c3n2.C=C1N[C@@H](C)COc2ncc(F)cc2C2(CC2)Nc2ccn3ncc1c3n2. The third-order valence-corrected chi connectivity index (χ3v) is 26.4. The van der Waals surface area contributed by atoms with Crippen LogP contribution in [0.2, 0.25) is 0 Å². The molecule has 5 aliphatic heterocycles. The molecule has 35 nitrogen and oxygen atoms in total. The number of pyridine rings is 5. The molecular formula is C96H95F5N30O5. The van der Waals surface area contributed by atoms with E-state index >= 15 is 0 Å². The minimum Gasteiger partial charge on any atom is -0.476 e. The van der Waals surface area contributed by atoms with E-state index in [-0.39, 0.29) is 58.4 Å². The lowest BCUT2D eigenvalue weighted by Crippen LogP contribution is -2.36. The first-order chi connectivity index (χ1) is 65.8. The summed E-state index contributed by atoms with van der Waals surface area (Å²) in [5.74, 6) is 3.98. The molecule has 0 amide bonds. The molecule has 0 radical (unpaired) electrons. The second-order valence-corrected chi connectivity index (χ2v) is 36.5. The number of anilines is 5. The molecule has 10 bridgehead atoms. The average Bonchev–Trinajstić information content (AvgIpc) is 1.57. The van der Waals surface area contributed by atoms with Gasteiger partial charge in [-0.15, -0.1) is 0 Å². The molecule has 694 valence electrons. The van der Waals surface area contributed by atoms with Crippen LogP contribution in [0.25, 0.3) is 56.7 Å². The molecule has 0 aromatic carbocycles. The monoisotopic (exact) mass is 1840 g/mol. The maximum absolute atomic E-state index is 14.1. The van der Waals surface area contributed by atoms with Crippen molar-refractivity contribution in [2.24, 2.45) is 0 Å². The fourth-order valence-corrected chi connectivity index (χ4v) is 18.0. The molecule has 6 spiro atoms. The van der Waals surface area contributed by atoms with Crippen molar-refractivity contribution in [3.8, 4) is 29.4 Å². The van der Waals surface area contributed by atoms with Gasteiger partial charge in [0, 0.05) is 101 Å². The summed E-state index contributed by atoms with van der Waals surface area (Å²) < 4.78 is 108. The van der Waals surface area contributed by atoms with Crippen LogP contribution in [0.5, 0.6) is 29.4 Å². The normalized spacial score (nSPS) is 20.3. The molecule has 15 aromatic heterocycles. The van der Waals surface area contributed by atoms with Gasteiger partial charge in [-0.1, -0.05) is 32.9 Å². The summed E-state index contributed by atoms with van der Waals surface area (Å²) in [4.78, 5) is 46.9. The number of fused-ring (bicyclic) bond motifs is 15. The van der Waals surface area contributed by atoms with E-state index in [1.165, 1.54) is 61.3 Å². The zero-order valence-electron chi connectivity index (χ0n) is 74.8. The van der Waals surface area contributed by atoms with Crippen LogP contribution in [-0.2, 0) is 27.7 Å². The van der Waals surface area contributed by atoms with Gasteiger partial charge in [-0.3, -0.25) is 0 Å². The highest BCUT2D eigenvalue weighted by molar-refractivity contribution is 5.79. The molecule has 3 atom stereocenters. The van der Waals surface area contributed by atoms with Gasteiger partial charge in [0.15, 0.2) is 28.2 Å². The summed E-state index contributed by atoms with van der Waals surface area (Å²) in [6.07, 6.45) is 34.2. The van der Waals surface area contributed by atoms with Gasteiger partial charge in [0.1, 0.15) is 90.2 Å². The van der Waals surface area contributed by atoms with Gasteiger partial charge < -0.3 is 76.4 Å². The van der Waals surface area contributed by atoms with Crippen LogP contribution in [0, 0.1) is 29.1 Å². The van der Waals surface area contributed by atoms with Gasteiger partial charge in [-0.25, -0.2) is 94.4 Å². The molecule has 40 heteroatoms. The molecule has 6 fully saturated rings. The summed E-state index contributed by atoms with van der Waals surface area (Å²) in [6.45, 7) is 29.3. The van der Waals surface area contributed by atoms with Crippen molar-refractivity contribution in [2.45, 2.75) is 149 Å². The van der Waals surface area contributed by atoms with Crippen LogP contribution in [0.1, 0.15) is 153 Å². The Morgan fingerprint density at radius 2 is 0.699 bits per heavy atom. The lowest BCUT2D eigenvalue weighted by molar-refractivity contribution is 0.209. The van der Waals surface area contributed by atoms with Gasteiger partial charge in [0.05, 0.1) is 142 Å². The number of ether oxygens (including phenoxy) is 5. The molecule has 0 saturated heterocycles. The third-order valence-electron chi connectivity index (χ3n) is 26.4. The van der Waals surface area contributed by atoms with Crippen molar-refractivity contribution >= 4 is 85.8 Å². The van der Waals surface area contributed by atoms with Crippen LogP contribution in [0.4, 0.5) is 51.0 Å². The van der Waals surface area contributed by atoms with Crippen molar-refractivity contribution in [3.63, 3.8) is 0 Å². The number of aromatic nitrogens is 20. The van der Waals surface area contributed by atoms with E-state index in [4.69, 9.17) is 48.6 Å². The molecule has 0 unspecified atom stereocenters. The zero-order valence-corrected chi connectivity index (χ0v) is 74.8. The first kappa shape index (κ1) is 85.7. The Hall–Kier alpha value is -15.8. The topological polar surface area (TPSA) is 373 Å². The summed E-state index contributed by atoms with van der Waals surface area (Å²) in [6, 6.07) is 16.9. The number of rotatable bonds is 0. The molecular weight excluding hydrogens is 1750 g/mol. The second kappa shape index (κ2) is 33.1. The van der Waals surface area contributed by atoms with Gasteiger partial charge in [0.25, 0.3) is 0 Å². The summed E-state index contributed by atoms with van der Waals surface area (Å²) in [7, 11) is 1.98. The fraction of sp³-hybridized carbons (Fsp3) is 0.323. The van der Waals surface area contributed by atoms with Crippen molar-refractivity contribution in [3.05, 3.63) is 271 Å². The summed E-state index contributed by atoms with van der Waals surface area (Å²) in [5, 5.41) is 52.2. The van der Waals surface area contributed by atoms with E-state index in [1.807, 2.05) is 89.1 Å². The first-order valence-corrected chi connectivity index (χ1v) is 45.1. The standard InChI is InChI=1S/C20H19FN6O.C20H21FN6O.2C19H19FN6O.C18H17FN6O/c1-12-14-10-23-27-7-2-16(24-17(14)27)26-20(5-6-20)15-8-13(21)9-22-18(15)28-11-19(25-12)3-4-19;1-12-9-22-13(2)15-11-24-27-7-4-17(25-18(15)27)26(3)20(5-6-20)16-8-14(21)10-23-19(16)28-12;1-11-10-27-18-15(7-13(20)8-21-18)19(4-5-19)25-16-3-6-26-17(24-16)14(9-22-26)12(2)23-11;1-11-8-21-12(2)14-10-23-26-6-3-16(24-17(14)26)25-19(4-5-19)15-7-13(20)9-22-18(15)27-11;1-11-13-10-22-25-6-2-15(23-16(13)25)24-18(3-4-18)14-8-12(19)9-21-17(14)26-7-5-20-11/h2,7-10,25H,1,3-6,11H2,(H,24,26);4,7-8,10-12,22H,2,5-6,9H2,1,3H3;3,6-9,11,23H,2,4-5,10H2,1H3,(H,24,25);3,6-7,9-11,21H,2,4-5,8H2,1H3,(H,24,25);2,6,8-10,20H,1,3-5,7H2,(H,23,24)/t;12-;2*11-;/m.001./s1. The predicted molar refractivity (Wildman–Crippen MR) is 497 cm³/mol. The lowest BCUT2D eigenvalue weighted by Gasteiger charge is -2.31. The molecule has 136 heavy (non-hydrogen) atoms. The minimum atomic E-state index is -0.422. The smallest absolute Gasteiger partial charge is 0.219 e. The van der Waals surface area contributed by atoms with E-state index in [2.05, 4.69) is 136 Å². The van der Waals surface area contributed by atoms with E-state index in [0.717, 1.165) is 178 Å². The minimum absolute atomic E-state index is 0.0285. The Kier molecular flexibility index (Phi) is 20.9. The largest absolute Gasteiger partial charge is 0.476 e. The van der Waals surface area contributed by atoms with Crippen LogP contribution in [0.3, 0.4) is 0 Å². The third kappa shape index (κ3) is 16.4. The number of nitrogens with zero attached hydrogens (tertiary/aromatic N) is 21. The Balaban J connectivity index is 0.0000000985. The van der Waals surface area contributed by atoms with Crippen LogP contribution >= 0.6 is 0 Å². The highest BCUT2D eigenvalue weighted by Crippen LogP contribution is 2.57. The lowest BCUT2D eigenvalue weighted by atomic mass is 10.0. The summed E-state index contributed by atoms with van der Waals surface area (Å²) >= 11 is 0. The molecule has 26 rings (SSSR count). The predicted octanol–water partition coefficient (Wildman–Crippen LogP) is 13.3. The molecule has 9 N–H and O–H groups in total. The van der Waals surface area contributed by atoms with E-state index < -0.39 is 22.2 Å². The van der Waals surface area contributed by atoms with Gasteiger partial charge in [-0.05, 0) is 158 Å². The van der Waals surface area contributed by atoms with Crippen LogP contribution in [0.15, 0.2) is 187 Å². The highest BCUT2D eigenvalue weighted by atomic mass is 19.1. The first-order valence-electron chi connectivity index (χ1n) is 45.1. The quantitative estimate of drug-likeness (QED) is 0.0637. The van der Waals surface area contributed by atoms with Gasteiger partial charge in [0.2, 0.25) is 29.4 Å². The van der Waals surface area contributed by atoms with Crippen LogP contribution < -0.4 is 76.4 Å². The number of hydrogen-bond acceptors (Lipinski definition) is 30. The summed E-state index contributed by atoms with van der Waals surface area (Å²) in [5.41, 5.74) is 12.9. The number of halogens is 5. The molecule has 11 aliphatic rings. The van der Waals surface area contributed by atoms with Crippen molar-refractivity contribution < 1.29 is 45.6 Å². The molecule has 15 aromatic rings. The fourth-order valence-electron chi connectivity index (χ4n) is 18.0. The number of hydrogen-bond donors (Lipinski definition) is 9. The maximum Gasteiger partial charge on any atom is 0.219 e. The molecule has 20 heterocycles. The van der Waals surface area contributed by atoms with Crippen molar-refractivity contribution in [1.29, 1.82) is 0 Å². The maximum atomic E-state index is 14.1. The Labute approximate surface area is 774 Å². The van der Waals surface area contributed by atoms with Crippen molar-refractivity contribution in [1.82, 2.24) is 124 Å². The Morgan fingerprint density at radius 3 is 1.10 bits per heavy atom. The van der Waals surface area contributed by atoms with Crippen molar-refractivity contribution in [2.75, 3.05) is 72.7 Å². The van der Waals surface area contributed by atoms with Crippen LogP contribution in [-0.4, -0.2) is 168 Å². The molecule has 6 saturated carbocycles. The zero-order chi connectivity index (χ0) is 93.3. The molecule has 6 aliphatic carbocycles. The highest BCUT2D eigenvalue weighted by Gasteiger charge is 2.54. The van der Waals surface area contributed by atoms with E-state index in [1.54, 1.807) is 53.6 Å². The number of nitrogens with one attached hydrogen (secondary N) is 9. The van der Waals surface area contributed by atoms with Gasteiger partial charge in [-0.2, -0.15) is 25.5 Å². The van der Waals surface area contributed by atoms with E-state index in [0.29, 0.717) is 109 Å². The Morgan fingerprint density at radius 1 is 0.360 bits per heavy atom. The average molecular weight is 1840 g/mol. The Bertz CT molecular complexity index is 7350. The van der Waals surface area contributed by atoms with E-state index in [9.17, 15) is 22.0 Å². The van der Waals surface area contributed by atoms with Gasteiger partial charge >= 0.3 is 0 Å². The second-order valence-electron chi connectivity index (χ2n) is 36.5.